The van der Waals surface area contributed by atoms with Gasteiger partial charge in [0.05, 0.1) is 6.61 Å². The van der Waals surface area contributed by atoms with Gasteiger partial charge in [0.2, 0.25) is 5.91 Å². The Morgan fingerprint density at radius 1 is 1.53 bits per heavy atom. The van der Waals surface area contributed by atoms with Gasteiger partial charge in [0.1, 0.15) is 18.3 Å². The number of hydroxylamine groups is 2. The Morgan fingerprint density at radius 2 is 2.11 bits per heavy atom. The zero-order valence-electron chi connectivity index (χ0n) is 9.78. The van der Waals surface area contributed by atoms with Crippen molar-refractivity contribution in [3.8, 4) is 0 Å². The predicted octanol–water partition coefficient (Wildman–Crippen LogP) is -2.72. The summed E-state index contributed by atoms with van der Waals surface area (Å²) < 4.78 is 15.1. The molecule has 0 spiro atoms. The molecule has 1 fully saturated rings. The lowest BCUT2D eigenvalue weighted by Gasteiger charge is -2.42. The number of rotatable bonds is 4. The van der Waals surface area contributed by atoms with Crippen molar-refractivity contribution in [2.24, 2.45) is 0 Å². The molecule has 4 atom stereocenters. The maximum Gasteiger partial charge on any atom is 0.470 e. The van der Waals surface area contributed by atoms with E-state index in [0.717, 1.165) is 6.92 Å². The number of aliphatic hydroxyl groups excluding tert-OH is 2. The highest BCUT2D eigenvalue weighted by Crippen LogP contribution is 2.40. The number of carbonyl (C=O) groups excluding carboxylic acids is 1. The molecular weight excluding hydrogens is 287 g/mol. The smallest absolute Gasteiger partial charge is 0.393 e. The second kappa shape index (κ2) is 6.22. The fourth-order valence-corrected chi connectivity index (χ4v) is 2.11. The lowest BCUT2D eigenvalue weighted by atomic mass is 10.0. The van der Waals surface area contributed by atoms with Crippen molar-refractivity contribution < 1.29 is 43.9 Å². The molecule has 12 heteroatoms. The summed E-state index contributed by atoms with van der Waals surface area (Å²) in [5.41, 5.74) is 0. The molecule has 0 aromatic heterocycles. The van der Waals surface area contributed by atoms with E-state index in [9.17, 15) is 19.7 Å². The van der Waals surface area contributed by atoms with Crippen LogP contribution < -0.4 is 5.32 Å². The second-order valence-electron chi connectivity index (χ2n) is 3.83. The van der Waals surface area contributed by atoms with E-state index in [4.69, 9.17) is 14.9 Å². The van der Waals surface area contributed by atoms with E-state index in [-0.39, 0.29) is 5.23 Å². The Kier molecular flexibility index (Phi) is 5.38. The average molecular weight is 302 g/mol. The third-order valence-electron chi connectivity index (χ3n) is 2.30. The molecule has 0 aliphatic carbocycles. The minimum absolute atomic E-state index is 0.0509. The topological polar surface area (TPSA) is 169 Å². The van der Waals surface area contributed by atoms with Crippen LogP contribution in [0.25, 0.3) is 0 Å². The SMILES string of the molecule is CC(=O)NC1C(OP(=O)(O)O)[C@H](O)C(CO)ON1O. The first-order valence-corrected chi connectivity index (χ1v) is 6.63. The van der Waals surface area contributed by atoms with Crippen molar-refractivity contribution in [1.29, 1.82) is 0 Å². The maximum atomic E-state index is 10.9. The van der Waals surface area contributed by atoms with Crippen LogP contribution in [0, 0.1) is 0 Å². The van der Waals surface area contributed by atoms with Gasteiger partial charge in [-0.3, -0.25) is 19.4 Å². The van der Waals surface area contributed by atoms with E-state index < -0.39 is 44.8 Å². The molecule has 0 saturated carbocycles. The summed E-state index contributed by atoms with van der Waals surface area (Å²) in [5, 5.41) is 30.2. The Bertz CT molecular complexity index is 374. The third-order valence-corrected chi connectivity index (χ3v) is 2.82. The highest BCUT2D eigenvalue weighted by atomic mass is 31.2. The Labute approximate surface area is 107 Å². The number of carbonyl (C=O) groups is 1. The van der Waals surface area contributed by atoms with Crippen molar-refractivity contribution in [2.45, 2.75) is 31.4 Å². The number of phosphoric ester groups is 1. The highest BCUT2D eigenvalue weighted by molar-refractivity contribution is 7.46. The predicted molar refractivity (Wildman–Crippen MR) is 56.1 cm³/mol. The van der Waals surface area contributed by atoms with Crippen LogP contribution in [-0.2, 0) is 18.7 Å². The molecule has 1 rings (SSSR count). The monoisotopic (exact) mass is 302 g/mol. The molecule has 0 bridgehead atoms. The normalized spacial score (nSPS) is 33.2. The third kappa shape index (κ3) is 4.45. The van der Waals surface area contributed by atoms with Crippen molar-refractivity contribution in [1.82, 2.24) is 10.5 Å². The van der Waals surface area contributed by atoms with E-state index in [2.05, 4.69) is 14.7 Å². The van der Waals surface area contributed by atoms with E-state index in [0.29, 0.717) is 0 Å². The summed E-state index contributed by atoms with van der Waals surface area (Å²) in [4.78, 5) is 33.1. The molecule has 1 aliphatic heterocycles. The van der Waals surface area contributed by atoms with Gasteiger partial charge in [0.25, 0.3) is 0 Å². The number of amides is 1. The standard InChI is InChI=1S/C7H15N2O9P/c1-3(11)8-7-6(18-19(14,15)16)5(12)4(2-10)17-9(7)13/h4-7,10,12-13H,2H2,1H3,(H,8,11)(H2,14,15,16)/t4?,5-,6?,7?/m1/s1. The van der Waals surface area contributed by atoms with Gasteiger partial charge in [0.15, 0.2) is 6.17 Å². The number of aliphatic hydroxyl groups is 2. The van der Waals surface area contributed by atoms with Gasteiger partial charge in [-0.15, -0.1) is 0 Å². The van der Waals surface area contributed by atoms with Gasteiger partial charge in [-0.05, 0) is 5.23 Å². The van der Waals surface area contributed by atoms with Crippen LogP contribution in [0.1, 0.15) is 6.92 Å². The van der Waals surface area contributed by atoms with Gasteiger partial charge < -0.3 is 25.3 Å². The molecule has 19 heavy (non-hydrogen) atoms. The Balaban J connectivity index is 2.96. The highest BCUT2D eigenvalue weighted by Gasteiger charge is 2.48. The van der Waals surface area contributed by atoms with Crippen molar-refractivity contribution >= 4 is 13.7 Å². The van der Waals surface area contributed by atoms with Crippen LogP contribution in [0.2, 0.25) is 0 Å². The summed E-state index contributed by atoms with van der Waals surface area (Å²) >= 11 is 0. The van der Waals surface area contributed by atoms with Crippen molar-refractivity contribution in [2.75, 3.05) is 6.61 Å². The molecule has 1 amide bonds. The average Bonchev–Trinajstić information content (AvgIpc) is 2.26. The van der Waals surface area contributed by atoms with Crippen LogP contribution in [-0.4, -0.2) is 67.4 Å². The molecule has 0 radical (unpaired) electrons. The van der Waals surface area contributed by atoms with Gasteiger partial charge in [-0.2, -0.15) is 0 Å². The van der Waals surface area contributed by atoms with Crippen LogP contribution in [0.15, 0.2) is 0 Å². The number of nitrogens with one attached hydrogen (secondary N) is 1. The number of nitrogens with zero attached hydrogens (tertiary/aromatic N) is 1. The molecule has 3 unspecified atom stereocenters. The van der Waals surface area contributed by atoms with E-state index >= 15 is 0 Å². The first kappa shape index (κ1) is 16.4. The Hall–Kier alpha value is -0.620. The number of phosphoric acid groups is 1. The molecule has 1 heterocycles. The molecule has 1 aliphatic rings. The largest absolute Gasteiger partial charge is 0.470 e. The van der Waals surface area contributed by atoms with Gasteiger partial charge in [0, 0.05) is 6.92 Å². The van der Waals surface area contributed by atoms with E-state index in [1.54, 1.807) is 0 Å². The molecule has 112 valence electrons. The maximum absolute atomic E-state index is 10.9. The Morgan fingerprint density at radius 3 is 2.53 bits per heavy atom. The molecule has 11 nitrogen and oxygen atoms in total. The molecular formula is C7H15N2O9P. The van der Waals surface area contributed by atoms with Crippen LogP contribution in [0.3, 0.4) is 0 Å². The summed E-state index contributed by atoms with van der Waals surface area (Å²) in [6.45, 7) is 0.332. The summed E-state index contributed by atoms with van der Waals surface area (Å²) in [6, 6.07) is 0. The van der Waals surface area contributed by atoms with Crippen LogP contribution >= 0.6 is 7.82 Å². The molecule has 1 saturated heterocycles. The first-order valence-electron chi connectivity index (χ1n) is 5.10. The quantitative estimate of drug-likeness (QED) is 0.300. The minimum Gasteiger partial charge on any atom is -0.393 e. The van der Waals surface area contributed by atoms with E-state index in [1.807, 2.05) is 0 Å². The summed E-state index contributed by atoms with van der Waals surface area (Å²) in [6.07, 6.45) is -6.31. The number of hydrogen-bond acceptors (Lipinski definition) is 8. The first-order chi connectivity index (χ1) is 8.65. The van der Waals surface area contributed by atoms with E-state index in [1.165, 1.54) is 0 Å². The van der Waals surface area contributed by atoms with Gasteiger partial charge in [-0.25, -0.2) is 4.57 Å². The lowest BCUT2D eigenvalue weighted by Crippen LogP contribution is -2.65. The second-order valence-corrected chi connectivity index (χ2v) is 5.02. The molecule has 0 aromatic rings. The van der Waals surface area contributed by atoms with Crippen molar-refractivity contribution in [3.63, 3.8) is 0 Å². The minimum atomic E-state index is -5.00. The summed E-state index contributed by atoms with van der Waals surface area (Å²) in [5.74, 6) is -0.665. The lowest BCUT2D eigenvalue weighted by molar-refractivity contribution is -0.430. The van der Waals surface area contributed by atoms with Crippen LogP contribution in [0.5, 0.6) is 0 Å². The van der Waals surface area contributed by atoms with Gasteiger partial charge in [-0.1, -0.05) is 0 Å². The van der Waals surface area contributed by atoms with Gasteiger partial charge >= 0.3 is 7.82 Å². The molecule has 6 N–H and O–H groups in total. The fraction of sp³-hybridized carbons (Fsp3) is 0.857. The zero-order valence-corrected chi connectivity index (χ0v) is 10.7. The van der Waals surface area contributed by atoms with Crippen molar-refractivity contribution in [3.05, 3.63) is 0 Å². The fourth-order valence-electron chi connectivity index (χ4n) is 1.56. The summed E-state index contributed by atoms with van der Waals surface area (Å²) in [7, 11) is -5.00. The number of hydrogen-bond donors (Lipinski definition) is 6. The zero-order chi connectivity index (χ0) is 14.8. The van der Waals surface area contributed by atoms with Crippen LogP contribution in [0.4, 0.5) is 0 Å². The molecule has 0 aromatic carbocycles.